The SMILES string of the molecule is COC(=O)C1COCCN1CC(=O)Nc1cccc(F)c1. The maximum Gasteiger partial charge on any atom is 0.325 e. The Morgan fingerprint density at radius 1 is 1.52 bits per heavy atom. The lowest BCUT2D eigenvalue weighted by Crippen LogP contribution is -2.52. The number of nitrogens with zero attached hydrogens (tertiary/aromatic N) is 1. The third kappa shape index (κ3) is 4.24. The van der Waals surface area contributed by atoms with E-state index in [2.05, 4.69) is 5.32 Å². The Kier molecular flexibility index (Phi) is 5.24. The number of rotatable bonds is 4. The Morgan fingerprint density at radius 3 is 3.05 bits per heavy atom. The van der Waals surface area contributed by atoms with Gasteiger partial charge in [0, 0.05) is 12.2 Å². The van der Waals surface area contributed by atoms with Crippen LogP contribution in [0.5, 0.6) is 0 Å². The quantitative estimate of drug-likeness (QED) is 0.826. The van der Waals surface area contributed by atoms with Crippen LogP contribution in [0.2, 0.25) is 0 Å². The van der Waals surface area contributed by atoms with E-state index < -0.39 is 17.8 Å². The first kappa shape index (κ1) is 15.4. The average Bonchev–Trinajstić information content (AvgIpc) is 2.47. The van der Waals surface area contributed by atoms with Gasteiger partial charge in [0.05, 0.1) is 26.9 Å². The molecular formula is C14H17FN2O4. The second-order valence-electron chi connectivity index (χ2n) is 4.64. The summed E-state index contributed by atoms with van der Waals surface area (Å²) in [6.45, 7) is 1.11. The number of nitrogens with one attached hydrogen (secondary N) is 1. The van der Waals surface area contributed by atoms with Crippen molar-refractivity contribution in [3.8, 4) is 0 Å². The Hall–Kier alpha value is -1.99. The Morgan fingerprint density at radius 2 is 2.33 bits per heavy atom. The zero-order valence-corrected chi connectivity index (χ0v) is 11.7. The highest BCUT2D eigenvalue weighted by Crippen LogP contribution is 2.11. The summed E-state index contributed by atoms with van der Waals surface area (Å²) >= 11 is 0. The number of hydrogen-bond donors (Lipinski definition) is 1. The molecule has 0 bridgehead atoms. The van der Waals surface area contributed by atoms with Gasteiger partial charge in [-0.15, -0.1) is 0 Å². The molecule has 0 aromatic heterocycles. The van der Waals surface area contributed by atoms with Gasteiger partial charge in [-0.3, -0.25) is 14.5 Å². The lowest BCUT2D eigenvalue weighted by atomic mass is 10.2. The highest BCUT2D eigenvalue weighted by atomic mass is 19.1. The summed E-state index contributed by atoms with van der Waals surface area (Å²) in [5.41, 5.74) is 0.378. The smallest absolute Gasteiger partial charge is 0.325 e. The van der Waals surface area contributed by atoms with Gasteiger partial charge in [0.1, 0.15) is 11.9 Å². The van der Waals surface area contributed by atoms with Crippen LogP contribution >= 0.6 is 0 Å². The van der Waals surface area contributed by atoms with E-state index in [9.17, 15) is 14.0 Å². The third-order valence-corrected chi connectivity index (χ3v) is 3.17. The first-order chi connectivity index (χ1) is 10.1. The van der Waals surface area contributed by atoms with E-state index in [1.54, 1.807) is 11.0 Å². The molecule has 1 unspecified atom stereocenters. The van der Waals surface area contributed by atoms with Gasteiger partial charge < -0.3 is 14.8 Å². The molecule has 0 spiro atoms. The number of carbonyl (C=O) groups excluding carboxylic acids is 2. The maximum atomic E-state index is 13.1. The van der Waals surface area contributed by atoms with Crippen molar-refractivity contribution in [2.24, 2.45) is 0 Å². The fourth-order valence-corrected chi connectivity index (χ4v) is 2.13. The van der Waals surface area contributed by atoms with Crippen LogP contribution in [0.3, 0.4) is 0 Å². The number of benzene rings is 1. The molecule has 1 saturated heterocycles. The number of methoxy groups -OCH3 is 1. The molecule has 21 heavy (non-hydrogen) atoms. The highest BCUT2D eigenvalue weighted by molar-refractivity contribution is 5.92. The summed E-state index contributed by atoms with van der Waals surface area (Å²) in [6, 6.07) is 5.04. The monoisotopic (exact) mass is 296 g/mol. The third-order valence-electron chi connectivity index (χ3n) is 3.17. The van der Waals surface area contributed by atoms with Gasteiger partial charge in [0.15, 0.2) is 0 Å². The standard InChI is InChI=1S/C14H17FN2O4/c1-20-14(19)12-9-21-6-5-17(12)8-13(18)16-11-4-2-3-10(15)7-11/h2-4,7,12H,5-6,8-9H2,1H3,(H,16,18). The number of ether oxygens (including phenoxy) is 2. The second-order valence-corrected chi connectivity index (χ2v) is 4.64. The molecule has 1 aliphatic rings. The lowest BCUT2D eigenvalue weighted by molar-refractivity contribution is -0.153. The Balaban J connectivity index is 1.95. The Bertz CT molecular complexity index is 523. The molecule has 1 fully saturated rings. The van der Waals surface area contributed by atoms with Crippen LogP contribution in [0.25, 0.3) is 0 Å². The molecule has 0 saturated carbocycles. The van der Waals surface area contributed by atoms with Crippen LogP contribution in [0, 0.1) is 5.82 Å². The molecule has 1 N–H and O–H groups in total. The van der Waals surface area contributed by atoms with Gasteiger partial charge in [0.25, 0.3) is 0 Å². The minimum Gasteiger partial charge on any atom is -0.468 e. The summed E-state index contributed by atoms with van der Waals surface area (Å²) in [6.07, 6.45) is 0. The summed E-state index contributed by atoms with van der Waals surface area (Å²) in [7, 11) is 1.29. The molecule has 1 heterocycles. The van der Waals surface area contributed by atoms with Crippen molar-refractivity contribution in [2.45, 2.75) is 6.04 Å². The number of amides is 1. The summed E-state index contributed by atoms with van der Waals surface area (Å²) in [4.78, 5) is 25.3. The van der Waals surface area contributed by atoms with E-state index in [0.29, 0.717) is 18.8 Å². The van der Waals surface area contributed by atoms with Gasteiger partial charge in [-0.1, -0.05) is 6.07 Å². The number of halogens is 1. The predicted molar refractivity (Wildman–Crippen MR) is 73.2 cm³/mol. The van der Waals surface area contributed by atoms with Crippen molar-refractivity contribution in [2.75, 3.05) is 38.7 Å². The molecular weight excluding hydrogens is 279 g/mol. The first-order valence-corrected chi connectivity index (χ1v) is 6.55. The van der Waals surface area contributed by atoms with E-state index in [1.165, 1.54) is 25.3 Å². The van der Waals surface area contributed by atoms with Crippen molar-refractivity contribution in [3.63, 3.8) is 0 Å². The minimum atomic E-state index is -0.595. The number of esters is 1. The van der Waals surface area contributed by atoms with Gasteiger partial charge in [-0.25, -0.2) is 4.39 Å². The molecule has 6 nitrogen and oxygen atoms in total. The molecule has 1 amide bonds. The van der Waals surface area contributed by atoms with Gasteiger partial charge in [-0.05, 0) is 18.2 Å². The molecule has 114 valence electrons. The van der Waals surface area contributed by atoms with Crippen LogP contribution in [-0.2, 0) is 19.1 Å². The molecule has 0 aliphatic carbocycles. The predicted octanol–water partition coefficient (Wildman–Crippen LogP) is 0.638. The minimum absolute atomic E-state index is 0.0135. The van der Waals surface area contributed by atoms with Crippen LogP contribution in [0.1, 0.15) is 0 Å². The summed E-state index contributed by atoms with van der Waals surface area (Å²) in [5.74, 6) is -1.18. The van der Waals surface area contributed by atoms with Gasteiger partial charge >= 0.3 is 5.97 Å². The van der Waals surface area contributed by atoms with E-state index in [0.717, 1.165) is 0 Å². The normalized spacial score (nSPS) is 19.0. The molecule has 7 heteroatoms. The molecule has 0 radical (unpaired) electrons. The largest absolute Gasteiger partial charge is 0.468 e. The van der Waals surface area contributed by atoms with E-state index in [4.69, 9.17) is 9.47 Å². The second kappa shape index (κ2) is 7.14. The van der Waals surface area contributed by atoms with E-state index >= 15 is 0 Å². The van der Waals surface area contributed by atoms with Crippen molar-refractivity contribution in [1.82, 2.24) is 4.90 Å². The highest BCUT2D eigenvalue weighted by Gasteiger charge is 2.31. The Labute approximate surface area is 121 Å². The number of anilines is 1. The van der Waals surface area contributed by atoms with Crippen molar-refractivity contribution in [3.05, 3.63) is 30.1 Å². The summed E-state index contributed by atoms with van der Waals surface area (Å²) < 4.78 is 23.0. The van der Waals surface area contributed by atoms with Crippen LogP contribution in [0.4, 0.5) is 10.1 Å². The molecule has 1 aromatic rings. The van der Waals surface area contributed by atoms with Gasteiger partial charge in [-0.2, -0.15) is 0 Å². The molecule has 1 aromatic carbocycles. The first-order valence-electron chi connectivity index (χ1n) is 6.55. The van der Waals surface area contributed by atoms with E-state index in [1.807, 2.05) is 0 Å². The van der Waals surface area contributed by atoms with Crippen LogP contribution in [0.15, 0.2) is 24.3 Å². The van der Waals surface area contributed by atoms with Crippen molar-refractivity contribution in [1.29, 1.82) is 0 Å². The van der Waals surface area contributed by atoms with Crippen LogP contribution < -0.4 is 5.32 Å². The fourth-order valence-electron chi connectivity index (χ4n) is 2.13. The van der Waals surface area contributed by atoms with Gasteiger partial charge in [0.2, 0.25) is 5.91 Å². The zero-order chi connectivity index (χ0) is 15.2. The van der Waals surface area contributed by atoms with Crippen molar-refractivity contribution >= 4 is 17.6 Å². The van der Waals surface area contributed by atoms with Crippen molar-refractivity contribution < 1.29 is 23.5 Å². The van der Waals surface area contributed by atoms with E-state index in [-0.39, 0.29) is 19.1 Å². The topological polar surface area (TPSA) is 67.9 Å². The average molecular weight is 296 g/mol. The molecule has 1 atom stereocenters. The van der Waals surface area contributed by atoms with Crippen LogP contribution in [-0.4, -0.2) is 56.2 Å². The molecule has 1 aliphatic heterocycles. The number of hydrogen-bond acceptors (Lipinski definition) is 5. The lowest BCUT2D eigenvalue weighted by Gasteiger charge is -2.32. The fraction of sp³-hybridized carbons (Fsp3) is 0.429. The number of carbonyl (C=O) groups is 2. The molecule has 2 rings (SSSR count). The number of morpholine rings is 1. The summed E-state index contributed by atoms with van der Waals surface area (Å²) in [5, 5.41) is 2.59. The zero-order valence-electron chi connectivity index (χ0n) is 11.7. The maximum absolute atomic E-state index is 13.1.